The van der Waals surface area contributed by atoms with E-state index in [1.165, 1.54) is 44.1 Å². The topological polar surface area (TPSA) is 18.5 Å². The zero-order valence-corrected chi connectivity index (χ0v) is 19.9. The van der Waals surface area contributed by atoms with Crippen molar-refractivity contribution in [2.24, 2.45) is 17.8 Å². The fourth-order valence-electron chi connectivity index (χ4n) is 6.37. The van der Waals surface area contributed by atoms with E-state index in [1.54, 1.807) is 19.1 Å². The predicted molar refractivity (Wildman–Crippen MR) is 125 cm³/mol. The predicted octanol–water partition coefficient (Wildman–Crippen LogP) is 7.96. The molecule has 2 nitrogen and oxygen atoms in total. The minimum Gasteiger partial charge on any atom is -0.491 e. The van der Waals surface area contributed by atoms with Gasteiger partial charge in [-0.2, -0.15) is 4.39 Å². The second kappa shape index (κ2) is 11.1. The quantitative estimate of drug-likeness (QED) is 0.396. The molecule has 0 aromatic heterocycles. The first-order valence-electron chi connectivity index (χ1n) is 13.0. The highest BCUT2D eigenvalue weighted by atomic mass is 19.2. The summed E-state index contributed by atoms with van der Waals surface area (Å²) in [5, 5.41) is 0. The highest BCUT2D eigenvalue weighted by Gasteiger charge is 2.33. The molecule has 4 rings (SSSR count). The van der Waals surface area contributed by atoms with Gasteiger partial charge in [0.2, 0.25) is 5.82 Å². The smallest absolute Gasteiger partial charge is 0.200 e. The molecule has 0 amide bonds. The van der Waals surface area contributed by atoms with E-state index >= 15 is 0 Å². The molecule has 1 aromatic rings. The third-order valence-corrected chi connectivity index (χ3v) is 8.26. The molecular weight excluding hydrogens is 406 g/mol. The van der Waals surface area contributed by atoms with E-state index in [2.05, 4.69) is 13.0 Å². The summed E-state index contributed by atoms with van der Waals surface area (Å²) < 4.78 is 40.5. The normalized spacial score (nSPS) is 31.2. The van der Waals surface area contributed by atoms with Crippen molar-refractivity contribution in [3.63, 3.8) is 0 Å². The van der Waals surface area contributed by atoms with E-state index in [4.69, 9.17) is 9.47 Å². The van der Waals surface area contributed by atoms with Crippen molar-refractivity contribution in [3.8, 4) is 5.75 Å². The molecule has 4 heteroatoms. The van der Waals surface area contributed by atoms with Gasteiger partial charge >= 0.3 is 0 Å². The van der Waals surface area contributed by atoms with Crippen LogP contribution in [0.15, 0.2) is 23.8 Å². The minimum atomic E-state index is -0.844. The second-order valence-corrected chi connectivity index (χ2v) is 10.2. The maximum atomic E-state index is 14.6. The first kappa shape index (κ1) is 23.7. The summed E-state index contributed by atoms with van der Waals surface area (Å²) in [6, 6.07) is 3.30. The molecule has 32 heavy (non-hydrogen) atoms. The molecule has 1 atom stereocenters. The summed E-state index contributed by atoms with van der Waals surface area (Å²) >= 11 is 0. The SMILES string of the molecule is CCCC1CCC(C2=CCC(C3CCC(c4ccc(OCC)c(F)c4F)CC3)OC2)CC1. The Kier molecular flexibility index (Phi) is 8.26. The number of hydrogen-bond donors (Lipinski definition) is 0. The van der Waals surface area contributed by atoms with Crippen LogP contribution in [0.25, 0.3) is 0 Å². The van der Waals surface area contributed by atoms with Gasteiger partial charge in [0.1, 0.15) is 0 Å². The van der Waals surface area contributed by atoms with Crippen LogP contribution in [-0.2, 0) is 4.74 Å². The Morgan fingerprint density at radius 2 is 1.62 bits per heavy atom. The molecule has 0 spiro atoms. The lowest BCUT2D eigenvalue weighted by atomic mass is 9.74. The fraction of sp³-hybridized carbons (Fsp3) is 0.714. The maximum absolute atomic E-state index is 14.6. The zero-order chi connectivity index (χ0) is 22.5. The molecule has 1 aliphatic heterocycles. The van der Waals surface area contributed by atoms with Crippen LogP contribution < -0.4 is 4.74 Å². The Morgan fingerprint density at radius 3 is 2.25 bits per heavy atom. The fourth-order valence-corrected chi connectivity index (χ4v) is 6.37. The van der Waals surface area contributed by atoms with Gasteiger partial charge in [0.15, 0.2) is 11.6 Å². The van der Waals surface area contributed by atoms with Crippen LogP contribution in [0, 0.1) is 29.4 Å². The third kappa shape index (κ3) is 5.38. The van der Waals surface area contributed by atoms with Gasteiger partial charge < -0.3 is 9.47 Å². The number of ether oxygens (including phenoxy) is 2. The third-order valence-electron chi connectivity index (χ3n) is 8.26. The lowest BCUT2D eigenvalue weighted by Gasteiger charge is -2.37. The van der Waals surface area contributed by atoms with Crippen molar-refractivity contribution in [1.29, 1.82) is 0 Å². The lowest BCUT2D eigenvalue weighted by Crippen LogP contribution is -2.32. The van der Waals surface area contributed by atoms with Crippen molar-refractivity contribution in [2.45, 2.75) is 96.5 Å². The Hall–Kier alpha value is -1.42. The van der Waals surface area contributed by atoms with Crippen molar-refractivity contribution >= 4 is 0 Å². The van der Waals surface area contributed by atoms with E-state index in [1.807, 2.05) is 0 Å². The van der Waals surface area contributed by atoms with Gasteiger partial charge in [-0.1, -0.05) is 31.9 Å². The van der Waals surface area contributed by atoms with Crippen LogP contribution in [0.3, 0.4) is 0 Å². The van der Waals surface area contributed by atoms with Gasteiger partial charge in [0.25, 0.3) is 0 Å². The van der Waals surface area contributed by atoms with Crippen molar-refractivity contribution in [1.82, 2.24) is 0 Å². The first-order valence-corrected chi connectivity index (χ1v) is 13.0. The van der Waals surface area contributed by atoms with Gasteiger partial charge in [-0.25, -0.2) is 4.39 Å². The van der Waals surface area contributed by atoms with Crippen LogP contribution in [0.5, 0.6) is 5.75 Å². The highest BCUT2D eigenvalue weighted by Crippen LogP contribution is 2.42. The number of hydrogen-bond acceptors (Lipinski definition) is 2. The molecular formula is C28H40F2O2. The van der Waals surface area contributed by atoms with Gasteiger partial charge in [-0.15, -0.1) is 0 Å². The van der Waals surface area contributed by atoms with E-state index < -0.39 is 11.6 Å². The van der Waals surface area contributed by atoms with Crippen LogP contribution in [0.2, 0.25) is 0 Å². The van der Waals surface area contributed by atoms with Crippen LogP contribution >= 0.6 is 0 Å². The van der Waals surface area contributed by atoms with Gasteiger partial charge in [-0.3, -0.25) is 0 Å². The first-order chi connectivity index (χ1) is 15.6. The number of rotatable bonds is 7. The average Bonchev–Trinajstić information content (AvgIpc) is 2.83. The molecule has 2 fully saturated rings. The standard InChI is InChI=1S/C28H40F2O2/c1-3-5-19-6-8-20(9-7-19)23-14-16-25(32-18-23)22-12-10-21(11-13-22)24-15-17-26(31-4-2)28(30)27(24)29/h14-15,17,19-22,25H,3-13,16,18H2,1-2H3. The summed E-state index contributed by atoms with van der Waals surface area (Å²) in [6.45, 7) is 5.20. The average molecular weight is 447 g/mol. The van der Waals surface area contributed by atoms with Gasteiger partial charge in [0.05, 0.1) is 19.3 Å². The minimum absolute atomic E-state index is 0.0134. The largest absolute Gasteiger partial charge is 0.491 e. The van der Waals surface area contributed by atoms with E-state index in [-0.39, 0.29) is 17.8 Å². The van der Waals surface area contributed by atoms with E-state index in [9.17, 15) is 8.78 Å². The lowest BCUT2D eigenvalue weighted by molar-refractivity contribution is -0.000178. The van der Waals surface area contributed by atoms with E-state index in [0.29, 0.717) is 18.1 Å². The summed E-state index contributed by atoms with van der Waals surface area (Å²) in [6.07, 6.45) is 15.8. The molecule has 2 aliphatic carbocycles. The molecule has 1 aromatic carbocycles. The van der Waals surface area contributed by atoms with Crippen molar-refractivity contribution in [2.75, 3.05) is 13.2 Å². The second-order valence-electron chi connectivity index (χ2n) is 10.2. The summed E-state index contributed by atoms with van der Waals surface area (Å²) in [5.41, 5.74) is 2.05. The Bertz CT molecular complexity index is 774. The number of halogens is 2. The number of benzene rings is 1. The molecule has 3 aliphatic rings. The van der Waals surface area contributed by atoms with Crippen molar-refractivity contribution < 1.29 is 18.3 Å². The van der Waals surface area contributed by atoms with Gasteiger partial charge in [0, 0.05) is 0 Å². The molecule has 0 saturated heterocycles. The highest BCUT2D eigenvalue weighted by molar-refractivity contribution is 5.33. The summed E-state index contributed by atoms with van der Waals surface area (Å²) in [4.78, 5) is 0. The molecule has 178 valence electrons. The van der Waals surface area contributed by atoms with Gasteiger partial charge in [-0.05, 0) is 106 Å². The summed E-state index contributed by atoms with van der Waals surface area (Å²) in [7, 11) is 0. The van der Waals surface area contributed by atoms with Crippen LogP contribution in [0.1, 0.15) is 96.0 Å². The molecule has 0 radical (unpaired) electrons. The summed E-state index contributed by atoms with van der Waals surface area (Å²) in [5.74, 6) is 0.734. The molecule has 1 heterocycles. The van der Waals surface area contributed by atoms with Crippen molar-refractivity contribution in [3.05, 3.63) is 41.0 Å². The molecule has 1 unspecified atom stereocenters. The molecule has 0 bridgehead atoms. The Balaban J connectivity index is 1.27. The Labute approximate surface area is 192 Å². The Morgan fingerprint density at radius 1 is 0.906 bits per heavy atom. The monoisotopic (exact) mass is 446 g/mol. The molecule has 0 N–H and O–H groups in total. The molecule has 2 saturated carbocycles. The van der Waals surface area contributed by atoms with Crippen LogP contribution in [0.4, 0.5) is 8.78 Å². The van der Waals surface area contributed by atoms with Crippen LogP contribution in [-0.4, -0.2) is 19.3 Å². The maximum Gasteiger partial charge on any atom is 0.200 e. The van der Waals surface area contributed by atoms with E-state index in [0.717, 1.165) is 50.5 Å². The zero-order valence-electron chi connectivity index (χ0n) is 19.9.